The Balaban J connectivity index is 1.98. The standard InChI is InChI=1S/C15H15NOS/c1-12-5-2-3-7-15(12)17-11-14-9-8-13(18-14)6-4-10-16/h2-3,5,7-9H,10-11,16H2,1H3. The van der Waals surface area contributed by atoms with Crippen LogP contribution in [-0.2, 0) is 6.61 Å². The molecule has 0 radical (unpaired) electrons. The van der Waals surface area contributed by atoms with Crippen molar-refractivity contribution in [3.8, 4) is 17.6 Å². The number of para-hydroxylation sites is 1. The summed E-state index contributed by atoms with van der Waals surface area (Å²) in [7, 11) is 0. The van der Waals surface area contributed by atoms with E-state index in [9.17, 15) is 0 Å². The molecule has 3 heteroatoms. The Hall–Kier alpha value is -1.76. The fourth-order valence-corrected chi connectivity index (χ4v) is 2.32. The van der Waals surface area contributed by atoms with E-state index in [1.165, 1.54) is 4.88 Å². The molecule has 2 nitrogen and oxygen atoms in total. The Bertz CT molecular complexity index is 577. The molecule has 1 aromatic carbocycles. The third-order valence-corrected chi connectivity index (χ3v) is 3.41. The van der Waals surface area contributed by atoms with Crippen LogP contribution in [0.4, 0.5) is 0 Å². The fraction of sp³-hybridized carbons (Fsp3) is 0.200. The van der Waals surface area contributed by atoms with Gasteiger partial charge in [-0.25, -0.2) is 0 Å². The van der Waals surface area contributed by atoms with E-state index < -0.39 is 0 Å². The SMILES string of the molecule is Cc1ccccc1OCc1ccc(C#CCN)s1. The van der Waals surface area contributed by atoms with Gasteiger partial charge in [0.2, 0.25) is 0 Å². The molecule has 0 amide bonds. The summed E-state index contributed by atoms with van der Waals surface area (Å²) in [6.07, 6.45) is 0. The van der Waals surface area contributed by atoms with E-state index in [2.05, 4.69) is 11.8 Å². The van der Waals surface area contributed by atoms with Gasteiger partial charge in [-0.05, 0) is 30.7 Å². The Morgan fingerprint density at radius 2 is 2.06 bits per heavy atom. The molecule has 0 spiro atoms. The van der Waals surface area contributed by atoms with Gasteiger partial charge in [0.15, 0.2) is 0 Å². The van der Waals surface area contributed by atoms with Crippen LogP contribution in [0.3, 0.4) is 0 Å². The van der Waals surface area contributed by atoms with Crippen LogP contribution in [0.15, 0.2) is 36.4 Å². The van der Waals surface area contributed by atoms with Crippen LogP contribution in [0.5, 0.6) is 5.75 Å². The lowest BCUT2D eigenvalue weighted by Crippen LogP contribution is -1.94. The van der Waals surface area contributed by atoms with Gasteiger partial charge in [-0.15, -0.1) is 11.3 Å². The molecule has 2 rings (SSSR count). The van der Waals surface area contributed by atoms with Crippen molar-refractivity contribution in [2.75, 3.05) is 6.54 Å². The second-order valence-corrected chi connectivity index (χ2v) is 4.99. The first kappa shape index (κ1) is 12.7. The van der Waals surface area contributed by atoms with Crippen LogP contribution >= 0.6 is 11.3 Å². The molecule has 2 N–H and O–H groups in total. The zero-order chi connectivity index (χ0) is 12.8. The molecule has 0 bridgehead atoms. The summed E-state index contributed by atoms with van der Waals surface area (Å²) in [6.45, 7) is 3.02. The number of ether oxygens (including phenoxy) is 1. The molecule has 0 unspecified atom stereocenters. The van der Waals surface area contributed by atoms with Crippen LogP contribution < -0.4 is 10.5 Å². The molecule has 1 aromatic heterocycles. The minimum atomic E-state index is 0.396. The largest absolute Gasteiger partial charge is 0.488 e. The van der Waals surface area contributed by atoms with Gasteiger partial charge < -0.3 is 10.5 Å². The smallest absolute Gasteiger partial charge is 0.122 e. The minimum absolute atomic E-state index is 0.396. The van der Waals surface area contributed by atoms with Crippen LogP contribution in [0.1, 0.15) is 15.3 Å². The summed E-state index contributed by atoms with van der Waals surface area (Å²) in [5.74, 6) is 6.80. The molecule has 0 fully saturated rings. The summed E-state index contributed by atoms with van der Waals surface area (Å²) in [4.78, 5) is 2.20. The van der Waals surface area contributed by atoms with Crippen LogP contribution in [0.25, 0.3) is 0 Å². The van der Waals surface area contributed by atoms with E-state index in [4.69, 9.17) is 10.5 Å². The van der Waals surface area contributed by atoms with E-state index >= 15 is 0 Å². The maximum absolute atomic E-state index is 5.78. The second-order valence-electron chi connectivity index (χ2n) is 3.83. The van der Waals surface area contributed by atoms with Crippen molar-refractivity contribution in [3.63, 3.8) is 0 Å². The lowest BCUT2D eigenvalue weighted by Gasteiger charge is -2.06. The predicted molar refractivity (Wildman–Crippen MR) is 75.8 cm³/mol. The molecule has 0 aliphatic carbocycles. The van der Waals surface area contributed by atoms with Gasteiger partial charge in [0.05, 0.1) is 11.4 Å². The fourth-order valence-electron chi connectivity index (χ4n) is 1.53. The first-order valence-electron chi connectivity index (χ1n) is 5.75. The van der Waals surface area contributed by atoms with E-state index in [-0.39, 0.29) is 0 Å². The van der Waals surface area contributed by atoms with Gasteiger partial charge in [-0.3, -0.25) is 0 Å². The number of rotatable bonds is 3. The molecule has 1 heterocycles. The van der Waals surface area contributed by atoms with Crippen molar-refractivity contribution in [1.82, 2.24) is 0 Å². The zero-order valence-corrected chi connectivity index (χ0v) is 11.1. The lowest BCUT2D eigenvalue weighted by atomic mass is 10.2. The molecule has 0 saturated carbocycles. The Morgan fingerprint density at radius 3 is 2.83 bits per heavy atom. The first-order chi connectivity index (χ1) is 8.79. The average molecular weight is 257 g/mol. The molecule has 0 saturated heterocycles. The van der Waals surface area contributed by atoms with Gasteiger partial charge in [0.1, 0.15) is 12.4 Å². The van der Waals surface area contributed by atoms with Crippen molar-refractivity contribution in [2.45, 2.75) is 13.5 Å². The molecule has 92 valence electrons. The first-order valence-corrected chi connectivity index (χ1v) is 6.57. The summed E-state index contributed by atoms with van der Waals surface area (Å²) in [5, 5.41) is 0. The minimum Gasteiger partial charge on any atom is -0.488 e. The number of thiophene rings is 1. The van der Waals surface area contributed by atoms with Gasteiger partial charge >= 0.3 is 0 Å². The van der Waals surface area contributed by atoms with Crippen molar-refractivity contribution in [2.24, 2.45) is 5.73 Å². The van der Waals surface area contributed by atoms with E-state index in [0.29, 0.717) is 13.2 Å². The third-order valence-electron chi connectivity index (χ3n) is 2.44. The lowest BCUT2D eigenvalue weighted by molar-refractivity contribution is 0.307. The Morgan fingerprint density at radius 1 is 1.22 bits per heavy atom. The maximum Gasteiger partial charge on any atom is 0.122 e. The number of aryl methyl sites for hydroxylation is 1. The topological polar surface area (TPSA) is 35.2 Å². The number of nitrogens with two attached hydrogens (primary N) is 1. The highest BCUT2D eigenvalue weighted by Crippen LogP contribution is 2.21. The summed E-state index contributed by atoms with van der Waals surface area (Å²) in [5.41, 5.74) is 6.49. The number of benzene rings is 1. The normalized spacial score (nSPS) is 9.67. The highest BCUT2D eigenvalue weighted by atomic mass is 32.1. The summed E-state index contributed by atoms with van der Waals surface area (Å²) >= 11 is 1.64. The second kappa shape index (κ2) is 6.25. The monoisotopic (exact) mass is 257 g/mol. The average Bonchev–Trinajstić information content (AvgIpc) is 2.83. The van der Waals surface area contributed by atoms with Gasteiger partial charge in [0, 0.05) is 4.88 Å². The quantitative estimate of drug-likeness (QED) is 0.858. The number of hydrogen-bond donors (Lipinski definition) is 1. The third kappa shape index (κ3) is 3.36. The molecular formula is C15H15NOS. The van der Waals surface area contributed by atoms with Crippen LogP contribution in [0, 0.1) is 18.8 Å². The van der Waals surface area contributed by atoms with Gasteiger partial charge in [0.25, 0.3) is 0 Å². The van der Waals surface area contributed by atoms with Gasteiger partial charge in [-0.1, -0.05) is 30.0 Å². The highest BCUT2D eigenvalue weighted by molar-refractivity contribution is 7.12. The predicted octanol–water partition coefficient (Wildman–Crippen LogP) is 2.95. The zero-order valence-electron chi connectivity index (χ0n) is 10.3. The van der Waals surface area contributed by atoms with Crippen LogP contribution in [-0.4, -0.2) is 6.54 Å². The van der Waals surface area contributed by atoms with Gasteiger partial charge in [-0.2, -0.15) is 0 Å². The van der Waals surface area contributed by atoms with Crippen molar-refractivity contribution in [3.05, 3.63) is 51.7 Å². The van der Waals surface area contributed by atoms with Crippen molar-refractivity contribution in [1.29, 1.82) is 0 Å². The molecule has 0 aliphatic heterocycles. The van der Waals surface area contributed by atoms with Crippen molar-refractivity contribution < 1.29 is 4.74 Å². The Kier molecular flexibility index (Phi) is 4.40. The van der Waals surface area contributed by atoms with E-state index in [1.807, 2.05) is 43.3 Å². The number of hydrogen-bond acceptors (Lipinski definition) is 3. The maximum atomic E-state index is 5.78. The van der Waals surface area contributed by atoms with Crippen molar-refractivity contribution >= 4 is 11.3 Å². The highest BCUT2D eigenvalue weighted by Gasteiger charge is 2.01. The van der Waals surface area contributed by atoms with Crippen LogP contribution in [0.2, 0.25) is 0 Å². The summed E-state index contributed by atoms with van der Waals surface area (Å²) < 4.78 is 5.78. The Labute approximate surface area is 111 Å². The van der Waals surface area contributed by atoms with E-state index in [0.717, 1.165) is 16.2 Å². The van der Waals surface area contributed by atoms with E-state index in [1.54, 1.807) is 11.3 Å². The molecule has 0 atom stereocenters. The molecule has 0 aliphatic rings. The molecular weight excluding hydrogens is 242 g/mol. The molecule has 18 heavy (non-hydrogen) atoms. The molecule has 2 aromatic rings. The summed E-state index contributed by atoms with van der Waals surface area (Å²) in [6, 6.07) is 12.1.